The quantitative estimate of drug-likeness (QED) is 0.666. The Morgan fingerprint density at radius 3 is 2.50 bits per heavy atom. The number of aromatic nitrogens is 1. The zero-order valence-corrected chi connectivity index (χ0v) is 7.14. The molecule has 0 saturated heterocycles. The molecule has 1 heterocycles. The molecular weight excluding hydrogens is 194 g/mol. The standard InChI is InChI=1S/C6H8BrN3/c1-3-5(8)6(9)4(7)2-10-3/h2H,8H2,1H3,(H2,9,10). The Morgan fingerprint density at radius 1 is 1.40 bits per heavy atom. The fourth-order valence-corrected chi connectivity index (χ4v) is 0.932. The highest BCUT2D eigenvalue weighted by molar-refractivity contribution is 9.10. The summed E-state index contributed by atoms with van der Waals surface area (Å²) in [6.07, 6.45) is 1.64. The molecule has 0 spiro atoms. The average molecular weight is 202 g/mol. The Kier molecular flexibility index (Phi) is 1.80. The van der Waals surface area contributed by atoms with Gasteiger partial charge in [-0.05, 0) is 22.9 Å². The first-order chi connectivity index (χ1) is 4.63. The van der Waals surface area contributed by atoms with Gasteiger partial charge >= 0.3 is 0 Å². The van der Waals surface area contributed by atoms with Crippen molar-refractivity contribution < 1.29 is 0 Å². The maximum atomic E-state index is 5.57. The Morgan fingerprint density at radius 2 is 2.00 bits per heavy atom. The summed E-state index contributed by atoms with van der Waals surface area (Å²) in [7, 11) is 0. The molecule has 0 amide bonds. The topological polar surface area (TPSA) is 64.9 Å². The van der Waals surface area contributed by atoms with Gasteiger partial charge in [0.05, 0.1) is 21.5 Å². The summed E-state index contributed by atoms with van der Waals surface area (Å²) in [5.74, 6) is 0. The number of halogens is 1. The number of hydrogen-bond acceptors (Lipinski definition) is 3. The van der Waals surface area contributed by atoms with Crippen LogP contribution in [0.3, 0.4) is 0 Å². The Bertz CT molecular complexity index is 232. The van der Waals surface area contributed by atoms with Gasteiger partial charge < -0.3 is 11.5 Å². The van der Waals surface area contributed by atoms with E-state index in [9.17, 15) is 0 Å². The zero-order chi connectivity index (χ0) is 7.72. The van der Waals surface area contributed by atoms with Crippen molar-refractivity contribution in [2.45, 2.75) is 6.92 Å². The van der Waals surface area contributed by atoms with Gasteiger partial charge in [-0.15, -0.1) is 0 Å². The molecular formula is C6H8BrN3. The van der Waals surface area contributed by atoms with E-state index < -0.39 is 0 Å². The number of nitrogens with two attached hydrogens (primary N) is 2. The maximum absolute atomic E-state index is 5.57. The number of pyridine rings is 1. The van der Waals surface area contributed by atoms with Crippen molar-refractivity contribution in [3.63, 3.8) is 0 Å². The summed E-state index contributed by atoms with van der Waals surface area (Å²) < 4.78 is 0.746. The number of hydrogen-bond donors (Lipinski definition) is 2. The number of aryl methyl sites for hydroxylation is 1. The molecule has 10 heavy (non-hydrogen) atoms. The fourth-order valence-electron chi connectivity index (χ4n) is 0.616. The Hall–Kier alpha value is -0.770. The number of rotatable bonds is 0. The van der Waals surface area contributed by atoms with E-state index in [0.717, 1.165) is 10.2 Å². The Balaban J connectivity index is 3.34. The molecule has 1 aromatic rings. The van der Waals surface area contributed by atoms with Crippen molar-refractivity contribution in [3.05, 3.63) is 16.4 Å². The molecule has 0 unspecified atom stereocenters. The zero-order valence-electron chi connectivity index (χ0n) is 5.56. The second kappa shape index (κ2) is 2.46. The van der Waals surface area contributed by atoms with Gasteiger partial charge in [0.2, 0.25) is 0 Å². The SMILES string of the molecule is Cc1ncc(Br)c(N)c1N. The molecule has 4 N–H and O–H groups in total. The van der Waals surface area contributed by atoms with Gasteiger partial charge in [-0.3, -0.25) is 4.98 Å². The molecule has 0 bridgehead atoms. The molecule has 54 valence electrons. The van der Waals surface area contributed by atoms with Crippen LogP contribution in [0.1, 0.15) is 5.69 Å². The molecule has 3 nitrogen and oxygen atoms in total. The first kappa shape index (κ1) is 7.34. The van der Waals surface area contributed by atoms with Crippen LogP contribution in [0.2, 0.25) is 0 Å². The maximum Gasteiger partial charge on any atom is 0.0775 e. The normalized spacial score (nSPS) is 9.80. The molecule has 0 aliphatic heterocycles. The molecule has 0 radical (unpaired) electrons. The molecule has 0 aliphatic rings. The van der Waals surface area contributed by atoms with E-state index in [1.54, 1.807) is 6.20 Å². The van der Waals surface area contributed by atoms with E-state index in [1.807, 2.05) is 6.92 Å². The summed E-state index contributed by atoms with van der Waals surface area (Å²) in [6.45, 7) is 1.82. The van der Waals surface area contributed by atoms with E-state index in [0.29, 0.717) is 11.4 Å². The van der Waals surface area contributed by atoms with Gasteiger partial charge in [-0.25, -0.2) is 0 Å². The van der Waals surface area contributed by atoms with E-state index in [1.165, 1.54) is 0 Å². The van der Waals surface area contributed by atoms with Crippen LogP contribution in [0.4, 0.5) is 11.4 Å². The predicted molar refractivity (Wildman–Crippen MR) is 45.5 cm³/mol. The van der Waals surface area contributed by atoms with Crippen LogP contribution in [0.15, 0.2) is 10.7 Å². The van der Waals surface area contributed by atoms with Crippen LogP contribution in [0.5, 0.6) is 0 Å². The summed E-state index contributed by atoms with van der Waals surface area (Å²) >= 11 is 3.21. The van der Waals surface area contributed by atoms with Crippen molar-refractivity contribution in [1.29, 1.82) is 0 Å². The van der Waals surface area contributed by atoms with Crippen LogP contribution in [0, 0.1) is 6.92 Å². The van der Waals surface area contributed by atoms with E-state index in [-0.39, 0.29) is 0 Å². The van der Waals surface area contributed by atoms with Crippen molar-refractivity contribution >= 4 is 27.3 Å². The molecule has 1 rings (SSSR count). The summed E-state index contributed by atoms with van der Waals surface area (Å²) in [4.78, 5) is 3.99. The number of nitrogens with zero attached hydrogens (tertiary/aromatic N) is 1. The van der Waals surface area contributed by atoms with Gasteiger partial charge in [0.1, 0.15) is 0 Å². The van der Waals surface area contributed by atoms with E-state index >= 15 is 0 Å². The summed E-state index contributed by atoms with van der Waals surface area (Å²) in [5.41, 5.74) is 13.0. The number of nitrogen functional groups attached to an aromatic ring is 2. The van der Waals surface area contributed by atoms with E-state index in [2.05, 4.69) is 20.9 Å². The van der Waals surface area contributed by atoms with Gasteiger partial charge in [0, 0.05) is 6.20 Å². The Labute approximate surface area is 67.6 Å². The second-order valence-electron chi connectivity index (χ2n) is 2.02. The van der Waals surface area contributed by atoms with Crippen molar-refractivity contribution in [2.75, 3.05) is 11.5 Å². The van der Waals surface area contributed by atoms with Gasteiger partial charge in [0.15, 0.2) is 0 Å². The van der Waals surface area contributed by atoms with Gasteiger partial charge in [0.25, 0.3) is 0 Å². The second-order valence-corrected chi connectivity index (χ2v) is 2.87. The van der Waals surface area contributed by atoms with Crippen LogP contribution >= 0.6 is 15.9 Å². The summed E-state index contributed by atoms with van der Waals surface area (Å²) in [6, 6.07) is 0. The lowest BCUT2D eigenvalue weighted by molar-refractivity contribution is 1.20. The largest absolute Gasteiger partial charge is 0.396 e. The minimum atomic E-state index is 0.550. The third-order valence-electron chi connectivity index (χ3n) is 1.31. The number of anilines is 2. The van der Waals surface area contributed by atoms with Gasteiger partial charge in [-0.1, -0.05) is 0 Å². The molecule has 0 atom stereocenters. The van der Waals surface area contributed by atoms with Crippen molar-refractivity contribution in [2.24, 2.45) is 0 Å². The predicted octanol–water partition coefficient (Wildman–Crippen LogP) is 1.32. The highest BCUT2D eigenvalue weighted by atomic mass is 79.9. The monoisotopic (exact) mass is 201 g/mol. The van der Waals surface area contributed by atoms with Crippen molar-refractivity contribution in [1.82, 2.24) is 4.98 Å². The average Bonchev–Trinajstić information content (AvgIpc) is 1.93. The fraction of sp³-hybridized carbons (Fsp3) is 0.167. The summed E-state index contributed by atoms with van der Waals surface area (Å²) in [5, 5.41) is 0. The molecule has 0 saturated carbocycles. The molecule has 0 aromatic carbocycles. The highest BCUT2D eigenvalue weighted by Gasteiger charge is 2.02. The van der Waals surface area contributed by atoms with Crippen molar-refractivity contribution in [3.8, 4) is 0 Å². The molecule has 0 aliphatic carbocycles. The van der Waals surface area contributed by atoms with Crippen LogP contribution in [0.25, 0.3) is 0 Å². The van der Waals surface area contributed by atoms with Crippen LogP contribution in [-0.4, -0.2) is 4.98 Å². The van der Waals surface area contributed by atoms with Crippen LogP contribution < -0.4 is 11.5 Å². The van der Waals surface area contributed by atoms with Gasteiger partial charge in [-0.2, -0.15) is 0 Å². The molecule has 0 fully saturated rings. The smallest absolute Gasteiger partial charge is 0.0775 e. The first-order valence-corrected chi connectivity index (χ1v) is 3.58. The lowest BCUT2D eigenvalue weighted by Crippen LogP contribution is -1.99. The van der Waals surface area contributed by atoms with Crippen LogP contribution in [-0.2, 0) is 0 Å². The van der Waals surface area contributed by atoms with E-state index in [4.69, 9.17) is 11.5 Å². The third kappa shape index (κ3) is 1.07. The molecule has 1 aromatic heterocycles. The highest BCUT2D eigenvalue weighted by Crippen LogP contribution is 2.25. The first-order valence-electron chi connectivity index (χ1n) is 2.79. The molecule has 4 heteroatoms. The lowest BCUT2D eigenvalue weighted by Gasteiger charge is -2.03. The third-order valence-corrected chi connectivity index (χ3v) is 1.94. The lowest BCUT2D eigenvalue weighted by atomic mass is 10.3. The minimum absolute atomic E-state index is 0.550. The minimum Gasteiger partial charge on any atom is -0.396 e.